The number of thioether (sulfide) groups is 2. The maximum absolute atomic E-state index is 12.8. The summed E-state index contributed by atoms with van der Waals surface area (Å²) in [5.41, 5.74) is 10.0. The van der Waals surface area contributed by atoms with Crippen LogP contribution < -0.4 is 20.9 Å². The lowest BCUT2D eigenvalue weighted by molar-refractivity contribution is -0.138. The number of carbonyl (C=O) groups is 2. The number of ketones is 1. The van der Waals surface area contributed by atoms with Crippen molar-refractivity contribution in [3.8, 4) is 11.5 Å². The first-order chi connectivity index (χ1) is 24.8. The molecule has 0 bridgehead atoms. The van der Waals surface area contributed by atoms with Crippen molar-refractivity contribution in [2.45, 2.75) is 36.5 Å². The second-order valence-electron chi connectivity index (χ2n) is 9.84. The molecule has 21 heteroatoms. The number of hydroxylamine groups is 2. The molecule has 4 rings (SSSR count). The molecule has 0 saturated heterocycles. The fourth-order valence-electron chi connectivity index (χ4n) is 3.78. The van der Waals surface area contributed by atoms with Gasteiger partial charge in [0, 0.05) is 19.4 Å². The van der Waals surface area contributed by atoms with E-state index in [1.165, 1.54) is 70.4 Å². The standard InChI is InChI=1S/C15H14F3N3O2S.C9H14N4O2S.C8H6BrF3O/c1-3-24-14-20-7-10(13(19)21-14)12(22)9-5-4-8(15(16,17)18)6-11(9)23-2;1-4-16-9-11-5-6(7(10)12-9)8(14)13(2)15-3;1-13-7-4-5(8(10,11)12)2-3-6(7)9/h4-7H,3H2,1-2H3,(H2,19,20,21);5H,4H2,1-3H3,(H2,10,11,12);2-4H,1H3. The lowest BCUT2D eigenvalue weighted by Gasteiger charge is -2.14. The van der Waals surface area contributed by atoms with Crippen LogP contribution in [0.2, 0.25) is 0 Å². The number of hydrogen-bond donors (Lipinski definition) is 2. The molecule has 0 aliphatic carbocycles. The van der Waals surface area contributed by atoms with Gasteiger partial charge in [0.05, 0.1) is 48.1 Å². The molecular formula is C32H34BrF6N7O5S2. The number of nitrogens with zero attached hydrogens (tertiary/aromatic N) is 5. The van der Waals surface area contributed by atoms with Crippen LogP contribution in [-0.4, -0.2) is 76.6 Å². The van der Waals surface area contributed by atoms with E-state index in [-0.39, 0.29) is 45.7 Å². The molecule has 0 saturated carbocycles. The van der Waals surface area contributed by atoms with Crippen LogP contribution >= 0.6 is 39.5 Å². The van der Waals surface area contributed by atoms with E-state index in [0.717, 1.165) is 46.9 Å². The average Bonchev–Trinajstić information content (AvgIpc) is 3.10. The van der Waals surface area contributed by atoms with Gasteiger partial charge < -0.3 is 20.9 Å². The summed E-state index contributed by atoms with van der Waals surface area (Å²) in [6, 6.07) is 5.89. The van der Waals surface area contributed by atoms with Crippen LogP contribution in [0.25, 0.3) is 0 Å². The normalized spacial score (nSPS) is 11.0. The third-order valence-electron chi connectivity index (χ3n) is 6.43. The first kappa shape index (κ1) is 44.8. The molecule has 0 spiro atoms. The number of aromatic nitrogens is 4. The molecule has 0 radical (unpaired) electrons. The van der Waals surface area contributed by atoms with Gasteiger partial charge in [-0.1, -0.05) is 37.4 Å². The third kappa shape index (κ3) is 12.9. The minimum absolute atomic E-state index is 0.00788. The molecule has 0 fully saturated rings. The largest absolute Gasteiger partial charge is 0.496 e. The second-order valence-corrected chi connectivity index (χ2v) is 13.2. The minimum Gasteiger partial charge on any atom is -0.496 e. The summed E-state index contributed by atoms with van der Waals surface area (Å²) in [5, 5.41) is 2.06. The summed E-state index contributed by atoms with van der Waals surface area (Å²) in [5.74, 6) is 0.729. The Hall–Kier alpha value is -4.34. The van der Waals surface area contributed by atoms with Gasteiger partial charge in [-0.2, -0.15) is 26.3 Å². The van der Waals surface area contributed by atoms with Crippen molar-refractivity contribution in [1.29, 1.82) is 0 Å². The highest BCUT2D eigenvalue weighted by Crippen LogP contribution is 2.35. The zero-order valence-electron chi connectivity index (χ0n) is 28.9. The maximum Gasteiger partial charge on any atom is 0.416 e. The molecule has 288 valence electrons. The van der Waals surface area contributed by atoms with E-state index in [4.69, 9.17) is 25.8 Å². The highest BCUT2D eigenvalue weighted by atomic mass is 79.9. The van der Waals surface area contributed by atoms with Gasteiger partial charge in [-0.3, -0.25) is 14.4 Å². The number of anilines is 2. The summed E-state index contributed by atoms with van der Waals surface area (Å²) in [4.78, 5) is 45.1. The van der Waals surface area contributed by atoms with Gasteiger partial charge >= 0.3 is 12.4 Å². The summed E-state index contributed by atoms with van der Waals surface area (Å²) in [7, 11) is 5.40. The van der Waals surface area contributed by atoms with Gasteiger partial charge in [0.25, 0.3) is 5.91 Å². The van der Waals surface area contributed by atoms with Crippen molar-refractivity contribution in [3.63, 3.8) is 0 Å². The maximum atomic E-state index is 12.8. The molecular weight excluding hydrogens is 820 g/mol. The Balaban J connectivity index is 0.000000292. The summed E-state index contributed by atoms with van der Waals surface area (Å²) >= 11 is 5.89. The Labute approximate surface area is 317 Å². The van der Waals surface area contributed by atoms with Gasteiger partial charge in [-0.15, -0.1) is 0 Å². The van der Waals surface area contributed by atoms with Crippen molar-refractivity contribution < 1.29 is 50.2 Å². The Morgan fingerprint density at radius 1 is 0.755 bits per heavy atom. The molecule has 2 aromatic heterocycles. The Morgan fingerprint density at radius 3 is 1.62 bits per heavy atom. The predicted octanol–water partition coefficient (Wildman–Crippen LogP) is 7.71. The first-order valence-corrected chi connectivity index (χ1v) is 17.6. The molecule has 2 aromatic carbocycles. The highest BCUT2D eigenvalue weighted by Gasteiger charge is 2.33. The molecule has 53 heavy (non-hydrogen) atoms. The molecule has 1 amide bonds. The van der Waals surface area contributed by atoms with Gasteiger partial charge in [-0.05, 0) is 63.8 Å². The van der Waals surface area contributed by atoms with E-state index < -0.39 is 29.3 Å². The highest BCUT2D eigenvalue weighted by molar-refractivity contribution is 9.10. The number of ether oxygens (including phenoxy) is 2. The SMILES string of the molecule is CCSc1ncc(C(=O)N(C)OC)c(N)n1.CCSc1ncc(C(=O)c2ccc(C(F)(F)F)cc2OC)c(N)n1.COc1cc(C(F)(F)F)ccc1Br. The summed E-state index contributed by atoms with van der Waals surface area (Å²) < 4.78 is 84.9. The van der Waals surface area contributed by atoms with E-state index in [0.29, 0.717) is 14.8 Å². The van der Waals surface area contributed by atoms with Crippen LogP contribution in [-0.2, 0) is 17.2 Å². The van der Waals surface area contributed by atoms with Gasteiger partial charge in [-0.25, -0.2) is 25.0 Å². The number of halogens is 7. The van der Waals surface area contributed by atoms with Crippen LogP contribution in [0.5, 0.6) is 11.5 Å². The van der Waals surface area contributed by atoms with Crippen molar-refractivity contribution >= 4 is 62.8 Å². The van der Waals surface area contributed by atoms with E-state index in [1.54, 1.807) is 0 Å². The van der Waals surface area contributed by atoms with Crippen LogP contribution in [0.4, 0.5) is 38.0 Å². The van der Waals surface area contributed by atoms with E-state index in [2.05, 4.69) is 35.9 Å². The number of methoxy groups -OCH3 is 2. The smallest absolute Gasteiger partial charge is 0.416 e. The molecule has 0 aliphatic rings. The summed E-state index contributed by atoms with van der Waals surface area (Å²) in [6.07, 6.45) is -6.18. The van der Waals surface area contributed by atoms with E-state index in [9.17, 15) is 35.9 Å². The number of alkyl halides is 6. The molecule has 2 heterocycles. The molecule has 12 nitrogen and oxygen atoms in total. The molecule has 4 aromatic rings. The quantitative estimate of drug-likeness (QED) is 0.0524. The molecule has 4 N–H and O–H groups in total. The monoisotopic (exact) mass is 853 g/mol. The number of nitrogen functional groups attached to an aromatic ring is 2. The fourth-order valence-corrected chi connectivity index (χ4v) is 5.29. The van der Waals surface area contributed by atoms with Crippen molar-refractivity contribution in [1.82, 2.24) is 25.0 Å². The van der Waals surface area contributed by atoms with Crippen molar-refractivity contribution in [2.75, 3.05) is 51.4 Å². The second kappa shape index (κ2) is 20.2. The number of amides is 1. The third-order valence-corrected chi connectivity index (χ3v) is 8.57. The average molecular weight is 855 g/mol. The van der Waals surface area contributed by atoms with Gasteiger partial charge in [0.2, 0.25) is 5.78 Å². The van der Waals surface area contributed by atoms with Crippen molar-refractivity contribution in [2.24, 2.45) is 0 Å². The van der Waals surface area contributed by atoms with Crippen LogP contribution in [0.1, 0.15) is 51.3 Å². The van der Waals surface area contributed by atoms with Gasteiger partial charge in [0.1, 0.15) is 28.7 Å². The van der Waals surface area contributed by atoms with Crippen LogP contribution in [0, 0.1) is 0 Å². The summed E-state index contributed by atoms with van der Waals surface area (Å²) in [6.45, 7) is 3.90. The zero-order valence-corrected chi connectivity index (χ0v) is 32.1. The number of benzene rings is 2. The number of nitrogens with two attached hydrogens (primary N) is 2. The first-order valence-electron chi connectivity index (χ1n) is 14.9. The van der Waals surface area contributed by atoms with Crippen LogP contribution in [0.15, 0.2) is 63.6 Å². The molecule has 0 aliphatic heterocycles. The fraction of sp³-hybridized carbons (Fsp3) is 0.312. The van der Waals surface area contributed by atoms with E-state index >= 15 is 0 Å². The van der Waals surface area contributed by atoms with E-state index in [1.807, 2.05) is 13.8 Å². The Bertz CT molecular complexity index is 1870. The Morgan fingerprint density at radius 2 is 1.21 bits per heavy atom. The van der Waals surface area contributed by atoms with Crippen molar-refractivity contribution in [3.05, 3.63) is 81.1 Å². The lowest BCUT2D eigenvalue weighted by Crippen LogP contribution is -2.26. The predicted molar refractivity (Wildman–Crippen MR) is 192 cm³/mol. The number of hydrogen-bond acceptors (Lipinski definition) is 13. The zero-order chi connectivity index (χ0) is 40.1. The molecule has 0 atom stereocenters. The Kier molecular flexibility index (Phi) is 17.1. The lowest BCUT2D eigenvalue weighted by atomic mass is 10.0. The topological polar surface area (TPSA) is 169 Å². The number of carbonyl (C=O) groups excluding carboxylic acids is 2. The number of rotatable bonds is 10. The minimum atomic E-state index is -4.53. The van der Waals surface area contributed by atoms with Crippen LogP contribution in [0.3, 0.4) is 0 Å². The molecule has 0 unspecified atom stereocenters. The van der Waals surface area contributed by atoms with Gasteiger partial charge in [0.15, 0.2) is 10.3 Å².